The van der Waals surface area contributed by atoms with Gasteiger partial charge in [-0.25, -0.2) is 0 Å². The van der Waals surface area contributed by atoms with Crippen molar-refractivity contribution in [2.45, 2.75) is 19.4 Å². The molecule has 1 aliphatic rings. The number of rotatable bonds is 2. The van der Waals surface area contributed by atoms with Crippen molar-refractivity contribution < 1.29 is 9.90 Å². The molecule has 0 unspecified atom stereocenters. The summed E-state index contributed by atoms with van der Waals surface area (Å²) in [5.41, 5.74) is 0.597. The number of piperazine rings is 1. The highest BCUT2D eigenvalue weighted by atomic mass is 35.5. The number of amides is 1. The van der Waals surface area contributed by atoms with Gasteiger partial charge in [0.1, 0.15) is 5.60 Å². The quantitative estimate of drug-likeness (QED) is 0.881. The van der Waals surface area contributed by atoms with Crippen LogP contribution in [-0.2, 0) is 4.79 Å². The van der Waals surface area contributed by atoms with Crippen LogP contribution >= 0.6 is 11.6 Å². The van der Waals surface area contributed by atoms with E-state index in [2.05, 4.69) is 15.1 Å². The van der Waals surface area contributed by atoms with Crippen LogP contribution in [0.2, 0.25) is 5.02 Å². The molecule has 3 rings (SSSR count). The number of H-pyrrole nitrogens is 1. The lowest BCUT2D eigenvalue weighted by Gasteiger charge is -2.38. The van der Waals surface area contributed by atoms with E-state index in [1.807, 2.05) is 12.1 Å². The molecular weight excluding hydrogens is 304 g/mol. The van der Waals surface area contributed by atoms with E-state index < -0.39 is 5.60 Å². The summed E-state index contributed by atoms with van der Waals surface area (Å²) in [5, 5.41) is 18.5. The Morgan fingerprint density at radius 1 is 1.32 bits per heavy atom. The molecule has 0 saturated carbocycles. The Kier molecular flexibility index (Phi) is 3.74. The van der Waals surface area contributed by atoms with Crippen molar-refractivity contribution in [3.8, 4) is 0 Å². The number of nitrogens with one attached hydrogen (secondary N) is 1. The SMILES string of the molecule is CC(C)(O)C(=O)N1CCN(c2cc(Cl)cc3[nH]ncc23)CC1. The van der Waals surface area contributed by atoms with Gasteiger partial charge in [0.2, 0.25) is 0 Å². The number of carbonyl (C=O) groups excluding carboxylic acids is 1. The monoisotopic (exact) mass is 322 g/mol. The summed E-state index contributed by atoms with van der Waals surface area (Å²) in [7, 11) is 0. The highest BCUT2D eigenvalue weighted by Gasteiger charge is 2.31. The van der Waals surface area contributed by atoms with Crippen molar-refractivity contribution >= 4 is 34.1 Å². The molecule has 0 aliphatic carbocycles. The number of halogens is 1. The molecule has 1 aliphatic heterocycles. The Morgan fingerprint density at radius 3 is 2.64 bits per heavy atom. The van der Waals surface area contributed by atoms with Gasteiger partial charge in [-0.1, -0.05) is 11.6 Å². The number of aliphatic hydroxyl groups is 1. The molecule has 2 N–H and O–H groups in total. The standard InChI is InChI=1S/C15H19ClN4O2/c1-15(2,22)14(21)20-5-3-19(4-6-20)13-8-10(16)7-12-11(13)9-17-18-12/h7-9,22H,3-6H2,1-2H3,(H,17,18). The van der Waals surface area contributed by atoms with Crippen LogP contribution in [0.4, 0.5) is 5.69 Å². The Bertz CT molecular complexity index is 699. The number of nitrogens with zero attached hydrogens (tertiary/aromatic N) is 3. The van der Waals surface area contributed by atoms with Crippen molar-refractivity contribution in [3.63, 3.8) is 0 Å². The van der Waals surface area contributed by atoms with Gasteiger partial charge in [0.25, 0.3) is 5.91 Å². The maximum atomic E-state index is 12.1. The third-order valence-electron chi connectivity index (χ3n) is 3.93. The molecule has 0 bridgehead atoms. The van der Waals surface area contributed by atoms with E-state index >= 15 is 0 Å². The second kappa shape index (κ2) is 5.44. The van der Waals surface area contributed by atoms with Gasteiger partial charge in [-0.05, 0) is 26.0 Å². The first kappa shape index (κ1) is 15.1. The fraction of sp³-hybridized carbons (Fsp3) is 0.467. The van der Waals surface area contributed by atoms with E-state index in [9.17, 15) is 9.90 Å². The van der Waals surface area contributed by atoms with Gasteiger partial charge in [0.15, 0.2) is 0 Å². The highest BCUT2D eigenvalue weighted by Crippen LogP contribution is 2.30. The lowest BCUT2D eigenvalue weighted by Crippen LogP contribution is -2.54. The fourth-order valence-electron chi connectivity index (χ4n) is 2.80. The molecule has 6 nitrogen and oxygen atoms in total. The number of carbonyl (C=O) groups is 1. The normalized spacial score (nSPS) is 16.4. The number of aromatic nitrogens is 2. The van der Waals surface area contributed by atoms with Gasteiger partial charge >= 0.3 is 0 Å². The summed E-state index contributed by atoms with van der Waals surface area (Å²) >= 11 is 6.17. The Balaban J connectivity index is 1.79. The maximum absolute atomic E-state index is 12.1. The summed E-state index contributed by atoms with van der Waals surface area (Å²) in [5.74, 6) is -0.230. The Hall–Kier alpha value is -1.79. The third kappa shape index (κ3) is 2.76. The van der Waals surface area contributed by atoms with Crippen molar-refractivity contribution in [1.29, 1.82) is 0 Å². The van der Waals surface area contributed by atoms with Crippen LogP contribution in [0.1, 0.15) is 13.8 Å². The van der Waals surface area contributed by atoms with E-state index in [-0.39, 0.29) is 5.91 Å². The van der Waals surface area contributed by atoms with Gasteiger partial charge in [0, 0.05) is 42.3 Å². The summed E-state index contributed by atoms with van der Waals surface area (Å²) < 4.78 is 0. The molecule has 2 heterocycles. The van der Waals surface area contributed by atoms with E-state index in [1.54, 1.807) is 11.1 Å². The zero-order valence-electron chi connectivity index (χ0n) is 12.6. The molecule has 1 aromatic heterocycles. The van der Waals surface area contributed by atoms with E-state index in [4.69, 9.17) is 11.6 Å². The highest BCUT2D eigenvalue weighted by molar-refractivity contribution is 6.31. The molecule has 118 valence electrons. The molecule has 0 spiro atoms. The molecule has 7 heteroatoms. The van der Waals surface area contributed by atoms with Crippen LogP contribution in [0.15, 0.2) is 18.3 Å². The second-order valence-electron chi connectivity index (χ2n) is 6.09. The topological polar surface area (TPSA) is 72.5 Å². The number of aromatic amines is 1. The second-order valence-corrected chi connectivity index (χ2v) is 6.53. The number of anilines is 1. The molecule has 1 fully saturated rings. The zero-order valence-corrected chi connectivity index (χ0v) is 13.4. The summed E-state index contributed by atoms with van der Waals surface area (Å²) in [4.78, 5) is 16.0. The first-order valence-corrected chi connectivity index (χ1v) is 7.63. The number of hydrogen-bond acceptors (Lipinski definition) is 4. The van der Waals surface area contributed by atoms with Crippen LogP contribution in [0.3, 0.4) is 0 Å². The zero-order chi connectivity index (χ0) is 15.9. The maximum Gasteiger partial charge on any atom is 0.254 e. The van der Waals surface area contributed by atoms with E-state index in [1.165, 1.54) is 13.8 Å². The number of hydrogen-bond donors (Lipinski definition) is 2. The van der Waals surface area contributed by atoms with Gasteiger partial charge < -0.3 is 14.9 Å². The van der Waals surface area contributed by atoms with Crippen molar-refractivity contribution in [3.05, 3.63) is 23.4 Å². The lowest BCUT2D eigenvalue weighted by atomic mass is 10.1. The molecule has 0 atom stereocenters. The molecule has 22 heavy (non-hydrogen) atoms. The van der Waals surface area contributed by atoms with Crippen molar-refractivity contribution in [2.75, 3.05) is 31.1 Å². The molecule has 1 aromatic carbocycles. The molecule has 1 saturated heterocycles. The van der Waals surface area contributed by atoms with Crippen LogP contribution in [-0.4, -0.2) is 57.9 Å². The minimum atomic E-state index is -1.32. The smallest absolute Gasteiger partial charge is 0.254 e. The van der Waals surface area contributed by atoms with Gasteiger partial charge in [0.05, 0.1) is 11.7 Å². The van der Waals surface area contributed by atoms with Crippen LogP contribution in [0.25, 0.3) is 10.9 Å². The first-order chi connectivity index (χ1) is 10.4. The van der Waals surface area contributed by atoms with Crippen LogP contribution in [0.5, 0.6) is 0 Å². The Labute approximate surface area is 133 Å². The summed E-state index contributed by atoms with van der Waals surface area (Å²) in [6, 6.07) is 3.77. The average Bonchev–Trinajstić information content (AvgIpc) is 2.93. The summed E-state index contributed by atoms with van der Waals surface area (Å²) in [6.07, 6.45) is 1.79. The first-order valence-electron chi connectivity index (χ1n) is 7.25. The minimum Gasteiger partial charge on any atom is -0.381 e. The number of benzene rings is 1. The molecular formula is C15H19ClN4O2. The predicted octanol–water partition coefficient (Wildman–Crippen LogP) is 1.64. The van der Waals surface area contributed by atoms with Gasteiger partial charge in [-0.15, -0.1) is 0 Å². The lowest BCUT2D eigenvalue weighted by molar-refractivity contribution is -0.148. The van der Waals surface area contributed by atoms with Crippen molar-refractivity contribution in [1.82, 2.24) is 15.1 Å². The number of fused-ring (bicyclic) bond motifs is 1. The molecule has 1 amide bonds. The van der Waals surface area contributed by atoms with E-state index in [0.717, 1.165) is 16.6 Å². The van der Waals surface area contributed by atoms with Crippen LogP contribution < -0.4 is 4.90 Å². The summed E-state index contributed by atoms with van der Waals surface area (Å²) in [6.45, 7) is 5.59. The average molecular weight is 323 g/mol. The van der Waals surface area contributed by atoms with Gasteiger partial charge in [-0.2, -0.15) is 5.10 Å². The third-order valence-corrected chi connectivity index (χ3v) is 4.15. The molecule has 0 radical (unpaired) electrons. The van der Waals surface area contributed by atoms with Crippen LogP contribution in [0, 0.1) is 0 Å². The minimum absolute atomic E-state index is 0.230. The fourth-order valence-corrected chi connectivity index (χ4v) is 3.01. The predicted molar refractivity (Wildman–Crippen MR) is 86.2 cm³/mol. The largest absolute Gasteiger partial charge is 0.381 e. The van der Waals surface area contributed by atoms with Crippen molar-refractivity contribution in [2.24, 2.45) is 0 Å². The van der Waals surface area contributed by atoms with E-state index in [0.29, 0.717) is 31.2 Å². The Morgan fingerprint density at radius 2 is 2.00 bits per heavy atom. The molecule has 2 aromatic rings. The van der Waals surface area contributed by atoms with Gasteiger partial charge in [-0.3, -0.25) is 9.89 Å².